The summed E-state index contributed by atoms with van der Waals surface area (Å²) in [6.07, 6.45) is 8.99. The SMILES string of the molecule is CC1(C)CCC/C(=C\c2ccccc2-c2cn(C(c3ccccc3)(c3ccccc3)c3ccccc3)cn2)C1=O. The molecule has 5 aromatic rings. The highest BCUT2D eigenvalue weighted by molar-refractivity contribution is 6.04. The van der Waals surface area contributed by atoms with E-state index in [0.29, 0.717) is 0 Å². The van der Waals surface area contributed by atoms with E-state index in [1.807, 2.05) is 18.5 Å². The zero-order valence-electron chi connectivity index (χ0n) is 23.1. The van der Waals surface area contributed by atoms with E-state index in [9.17, 15) is 4.79 Å². The molecule has 3 heteroatoms. The molecule has 0 amide bonds. The van der Waals surface area contributed by atoms with Crippen LogP contribution in [0.3, 0.4) is 0 Å². The standard InChI is InChI=1S/C37H34N2O/c1-36(2)24-14-16-29(35(36)40)25-28-15-12-13-23-33(28)34-26-39(27-38-34)37(30-17-6-3-7-18-30,31-19-8-4-9-20-31)32-21-10-5-11-22-32/h3-13,15,17-23,25-27H,14,16,24H2,1-2H3/b29-25+. The fourth-order valence-corrected chi connectivity index (χ4v) is 6.19. The Morgan fingerprint density at radius 1 is 0.750 bits per heavy atom. The number of imidazole rings is 1. The number of aromatic nitrogens is 2. The molecule has 0 N–H and O–H groups in total. The molecule has 0 saturated heterocycles. The third-order valence-electron chi connectivity index (χ3n) is 8.27. The lowest BCUT2D eigenvalue weighted by atomic mass is 9.73. The van der Waals surface area contributed by atoms with E-state index in [4.69, 9.17) is 4.98 Å². The second-order valence-electron chi connectivity index (χ2n) is 11.3. The Hall–Kier alpha value is -4.50. The maximum absolute atomic E-state index is 13.2. The molecule has 1 fully saturated rings. The first-order valence-electron chi connectivity index (χ1n) is 14.1. The third-order valence-corrected chi connectivity index (χ3v) is 8.27. The second kappa shape index (κ2) is 10.6. The van der Waals surface area contributed by atoms with Gasteiger partial charge in [0.2, 0.25) is 0 Å². The summed E-state index contributed by atoms with van der Waals surface area (Å²) in [5.41, 5.74) is 6.38. The molecule has 0 spiro atoms. The molecular formula is C37H34N2O. The van der Waals surface area contributed by atoms with Crippen molar-refractivity contribution in [1.82, 2.24) is 9.55 Å². The van der Waals surface area contributed by atoms with Gasteiger partial charge in [0.1, 0.15) is 5.54 Å². The van der Waals surface area contributed by atoms with Crippen molar-refractivity contribution < 1.29 is 4.79 Å². The van der Waals surface area contributed by atoms with Crippen molar-refractivity contribution in [2.45, 2.75) is 38.6 Å². The Labute approximate surface area is 236 Å². The van der Waals surface area contributed by atoms with Crippen molar-refractivity contribution >= 4 is 11.9 Å². The zero-order valence-corrected chi connectivity index (χ0v) is 23.1. The fraction of sp³-hybridized carbons (Fsp3) is 0.189. The predicted molar refractivity (Wildman–Crippen MR) is 163 cm³/mol. The Kier molecular flexibility index (Phi) is 6.81. The van der Waals surface area contributed by atoms with E-state index in [0.717, 1.165) is 58.3 Å². The first kappa shape index (κ1) is 25.8. The van der Waals surface area contributed by atoms with Crippen LogP contribution in [0.5, 0.6) is 0 Å². The Bertz CT molecular complexity index is 1550. The second-order valence-corrected chi connectivity index (χ2v) is 11.3. The van der Waals surface area contributed by atoms with Crippen LogP contribution >= 0.6 is 0 Å². The average molecular weight is 523 g/mol. The van der Waals surface area contributed by atoms with Gasteiger partial charge >= 0.3 is 0 Å². The van der Waals surface area contributed by atoms with Gasteiger partial charge in [-0.1, -0.05) is 129 Å². The lowest BCUT2D eigenvalue weighted by Gasteiger charge is -2.37. The minimum Gasteiger partial charge on any atom is -0.318 e. The van der Waals surface area contributed by atoms with Crippen LogP contribution in [0, 0.1) is 5.41 Å². The van der Waals surface area contributed by atoms with Gasteiger partial charge < -0.3 is 4.57 Å². The topological polar surface area (TPSA) is 34.9 Å². The van der Waals surface area contributed by atoms with Gasteiger partial charge in [-0.2, -0.15) is 0 Å². The lowest BCUT2D eigenvalue weighted by molar-refractivity contribution is -0.124. The summed E-state index contributed by atoms with van der Waals surface area (Å²) in [6.45, 7) is 4.12. The van der Waals surface area contributed by atoms with Gasteiger partial charge in [0.15, 0.2) is 5.78 Å². The number of nitrogens with zero attached hydrogens (tertiary/aromatic N) is 2. The van der Waals surface area contributed by atoms with Crippen molar-refractivity contribution in [3.8, 4) is 11.3 Å². The van der Waals surface area contributed by atoms with E-state index in [2.05, 4.69) is 134 Å². The molecule has 6 rings (SSSR count). The number of benzene rings is 4. The van der Waals surface area contributed by atoms with Gasteiger partial charge in [0, 0.05) is 17.2 Å². The predicted octanol–water partition coefficient (Wildman–Crippen LogP) is 8.55. The van der Waals surface area contributed by atoms with E-state index in [1.54, 1.807) is 0 Å². The summed E-state index contributed by atoms with van der Waals surface area (Å²) in [5, 5.41) is 0. The summed E-state index contributed by atoms with van der Waals surface area (Å²) < 4.78 is 2.24. The van der Waals surface area contributed by atoms with Gasteiger partial charge in [-0.25, -0.2) is 4.98 Å². The van der Waals surface area contributed by atoms with Crippen LogP contribution < -0.4 is 0 Å². The molecule has 1 aliphatic rings. The number of Topliss-reactive ketones (excluding diaryl/α,β-unsaturated/α-hetero) is 1. The molecule has 4 aromatic carbocycles. The summed E-state index contributed by atoms with van der Waals surface area (Å²) >= 11 is 0. The van der Waals surface area contributed by atoms with Gasteiger partial charge in [-0.15, -0.1) is 0 Å². The number of carbonyl (C=O) groups is 1. The molecule has 1 saturated carbocycles. The molecule has 0 aliphatic heterocycles. The number of carbonyl (C=O) groups excluding carboxylic acids is 1. The first-order valence-corrected chi connectivity index (χ1v) is 14.1. The van der Waals surface area contributed by atoms with Crippen LogP contribution in [-0.4, -0.2) is 15.3 Å². The van der Waals surface area contributed by atoms with Gasteiger partial charge in [-0.05, 0) is 53.2 Å². The van der Waals surface area contributed by atoms with E-state index in [1.165, 1.54) is 0 Å². The summed E-state index contributed by atoms with van der Waals surface area (Å²) in [5.74, 6) is 0.260. The first-order chi connectivity index (χ1) is 19.5. The lowest BCUT2D eigenvalue weighted by Crippen LogP contribution is -2.36. The maximum atomic E-state index is 13.2. The number of hydrogen-bond donors (Lipinski definition) is 0. The molecule has 0 bridgehead atoms. The number of hydrogen-bond acceptors (Lipinski definition) is 2. The highest BCUT2D eigenvalue weighted by atomic mass is 16.1. The van der Waals surface area contributed by atoms with Crippen LogP contribution in [0.2, 0.25) is 0 Å². The van der Waals surface area contributed by atoms with Crippen molar-refractivity contribution in [2.24, 2.45) is 5.41 Å². The summed E-state index contributed by atoms with van der Waals surface area (Å²) in [6, 6.07) is 40.2. The molecule has 1 heterocycles. The van der Waals surface area contributed by atoms with E-state index >= 15 is 0 Å². The van der Waals surface area contributed by atoms with Gasteiger partial charge in [0.25, 0.3) is 0 Å². The zero-order chi connectivity index (χ0) is 27.6. The number of ketones is 1. The van der Waals surface area contributed by atoms with Crippen LogP contribution in [-0.2, 0) is 10.3 Å². The van der Waals surface area contributed by atoms with Crippen LogP contribution in [0.1, 0.15) is 55.4 Å². The van der Waals surface area contributed by atoms with Gasteiger partial charge in [0.05, 0.1) is 12.0 Å². The quantitative estimate of drug-likeness (QED) is 0.165. The largest absolute Gasteiger partial charge is 0.318 e. The number of rotatable bonds is 6. The highest BCUT2D eigenvalue weighted by Gasteiger charge is 2.38. The number of allylic oxidation sites excluding steroid dienone is 1. The molecule has 0 atom stereocenters. The third kappa shape index (κ3) is 4.52. The normalized spacial score (nSPS) is 16.2. The van der Waals surface area contributed by atoms with Crippen LogP contribution in [0.15, 0.2) is 133 Å². The molecule has 0 radical (unpaired) electrons. The van der Waals surface area contributed by atoms with Crippen LogP contribution in [0.25, 0.3) is 17.3 Å². The Balaban J connectivity index is 1.53. The molecule has 1 aromatic heterocycles. The summed E-state index contributed by atoms with van der Waals surface area (Å²) in [4.78, 5) is 18.2. The smallest absolute Gasteiger partial charge is 0.164 e. The van der Waals surface area contributed by atoms with Gasteiger partial charge in [-0.3, -0.25) is 4.79 Å². The van der Waals surface area contributed by atoms with E-state index in [-0.39, 0.29) is 11.2 Å². The molecular weight excluding hydrogens is 488 g/mol. The summed E-state index contributed by atoms with van der Waals surface area (Å²) in [7, 11) is 0. The maximum Gasteiger partial charge on any atom is 0.164 e. The fourth-order valence-electron chi connectivity index (χ4n) is 6.19. The molecule has 0 unspecified atom stereocenters. The van der Waals surface area contributed by atoms with Crippen molar-refractivity contribution in [2.75, 3.05) is 0 Å². The average Bonchev–Trinajstić information content (AvgIpc) is 3.48. The Morgan fingerprint density at radius 2 is 1.27 bits per heavy atom. The van der Waals surface area contributed by atoms with E-state index < -0.39 is 5.54 Å². The van der Waals surface area contributed by atoms with Crippen molar-refractivity contribution in [3.63, 3.8) is 0 Å². The van der Waals surface area contributed by atoms with Crippen LogP contribution in [0.4, 0.5) is 0 Å². The molecule has 40 heavy (non-hydrogen) atoms. The minimum absolute atomic E-state index is 0.260. The Morgan fingerprint density at radius 3 is 1.85 bits per heavy atom. The van der Waals surface area contributed by atoms with Crippen molar-refractivity contribution in [3.05, 3.63) is 156 Å². The minimum atomic E-state index is -0.619. The molecule has 1 aliphatic carbocycles. The molecule has 198 valence electrons. The van der Waals surface area contributed by atoms with Crippen molar-refractivity contribution in [1.29, 1.82) is 0 Å². The molecule has 3 nitrogen and oxygen atoms in total. The monoisotopic (exact) mass is 522 g/mol. The highest BCUT2D eigenvalue weighted by Crippen LogP contribution is 2.42.